The number of nitrogens with zero attached hydrogens (tertiary/aromatic N) is 1. The summed E-state index contributed by atoms with van der Waals surface area (Å²) in [6.07, 6.45) is 11.5. The SMILES string of the molecule is CN(C)c1ccc(/C=C2\C[C@H]3[C@H]4CC=C5C[C@@H](O)CC[C@@]5(C)[C@@H]4CC[C@@]3(C)C2=O)cc1. The lowest BCUT2D eigenvalue weighted by Crippen LogP contribution is -2.50. The van der Waals surface area contributed by atoms with Crippen LogP contribution < -0.4 is 4.90 Å². The van der Waals surface area contributed by atoms with Gasteiger partial charge in [0.1, 0.15) is 0 Å². The van der Waals surface area contributed by atoms with Crippen molar-refractivity contribution < 1.29 is 9.90 Å². The Morgan fingerprint density at radius 2 is 1.71 bits per heavy atom. The molecule has 0 heterocycles. The molecule has 0 aromatic heterocycles. The number of carbonyl (C=O) groups excluding carboxylic acids is 1. The largest absolute Gasteiger partial charge is 0.393 e. The van der Waals surface area contributed by atoms with E-state index in [1.807, 2.05) is 14.1 Å². The summed E-state index contributed by atoms with van der Waals surface area (Å²) >= 11 is 0. The third-order valence-corrected chi connectivity index (χ3v) is 9.47. The number of allylic oxidation sites excluding steroid dienone is 2. The number of aliphatic hydroxyl groups excluding tert-OH is 1. The van der Waals surface area contributed by atoms with Gasteiger partial charge >= 0.3 is 0 Å². The van der Waals surface area contributed by atoms with Gasteiger partial charge in [0.05, 0.1) is 6.10 Å². The number of carbonyl (C=O) groups is 1. The van der Waals surface area contributed by atoms with E-state index in [2.05, 4.69) is 55.2 Å². The minimum absolute atomic E-state index is 0.161. The van der Waals surface area contributed by atoms with Crippen molar-refractivity contribution in [2.24, 2.45) is 28.6 Å². The molecule has 3 saturated carbocycles. The fraction of sp³-hybridized carbons (Fsp3) is 0.607. The number of rotatable bonds is 2. The molecule has 166 valence electrons. The summed E-state index contributed by atoms with van der Waals surface area (Å²) in [6, 6.07) is 8.52. The van der Waals surface area contributed by atoms with Gasteiger partial charge in [0.15, 0.2) is 5.78 Å². The molecule has 3 nitrogen and oxygen atoms in total. The second-order valence-corrected chi connectivity index (χ2v) is 11.3. The highest BCUT2D eigenvalue weighted by Crippen LogP contribution is 2.64. The first-order valence-corrected chi connectivity index (χ1v) is 12.1. The van der Waals surface area contributed by atoms with Gasteiger partial charge in [0, 0.05) is 25.2 Å². The molecule has 4 aliphatic rings. The Morgan fingerprint density at radius 1 is 1.00 bits per heavy atom. The highest BCUT2D eigenvalue weighted by Gasteiger charge is 2.59. The average molecular weight is 420 g/mol. The van der Waals surface area contributed by atoms with Crippen molar-refractivity contribution >= 4 is 17.5 Å². The van der Waals surface area contributed by atoms with Crippen LogP contribution >= 0.6 is 0 Å². The Hall–Kier alpha value is -1.87. The molecule has 6 atom stereocenters. The molecule has 0 bridgehead atoms. The second-order valence-electron chi connectivity index (χ2n) is 11.3. The lowest BCUT2D eigenvalue weighted by Gasteiger charge is -2.56. The predicted molar refractivity (Wildman–Crippen MR) is 127 cm³/mol. The predicted octanol–water partition coefficient (Wildman–Crippen LogP) is 5.64. The summed E-state index contributed by atoms with van der Waals surface area (Å²) in [5.74, 6) is 2.09. The Bertz CT molecular complexity index is 942. The molecular formula is C28H37NO2. The number of anilines is 1. The maximum absolute atomic E-state index is 13.6. The van der Waals surface area contributed by atoms with Gasteiger partial charge in [-0.2, -0.15) is 0 Å². The number of hydrogen-bond acceptors (Lipinski definition) is 3. The summed E-state index contributed by atoms with van der Waals surface area (Å²) in [5, 5.41) is 10.2. The second kappa shape index (κ2) is 7.33. The lowest BCUT2D eigenvalue weighted by atomic mass is 9.48. The van der Waals surface area contributed by atoms with E-state index in [9.17, 15) is 9.90 Å². The Balaban J connectivity index is 1.44. The van der Waals surface area contributed by atoms with E-state index in [1.165, 1.54) is 11.3 Å². The number of ketones is 1. The molecule has 0 spiro atoms. The van der Waals surface area contributed by atoms with Gasteiger partial charge < -0.3 is 10.0 Å². The summed E-state index contributed by atoms with van der Waals surface area (Å²) < 4.78 is 0. The molecule has 3 heteroatoms. The highest BCUT2D eigenvalue weighted by molar-refractivity contribution is 6.06. The fourth-order valence-corrected chi connectivity index (χ4v) is 7.51. The van der Waals surface area contributed by atoms with Crippen molar-refractivity contribution in [1.29, 1.82) is 0 Å². The van der Waals surface area contributed by atoms with E-state index in [1.54, 1.807) is 0 Å². The topological polar surface area (TPSA) is 40.5 Å². The zero-order chi connectivity index (χ0) is 22.0. The van der Waals surface area contributed by atoms with Crippen LogP contribution in [0, 0.1) is 28.6 Å². The van der Waals surface area contributed by atoms with E-state index >= 15 is 0 Å². The van der Waals surface area contributed by atoms with Crippen LogP contribution in [0.25, 0.3) is 6.08 Å². The molecule has 1 N–H and O–H groups in total. The van der Waals surface area contributed by atoms with Crippen LogP contribution in [0.4, 0.5) is 5.69 Å². The zero-order valence-corrected chi connectivity index (χ0v) is 19.5. The molecule has 4 aliphatic carbocycles. The molecule has 0 saturated heterocycles. The fourth-order valence-electron chi connectivity index (χ4n) is 7.51. The van der Waals surface area contributed by atoms with Crippen molar-refractivity contribution in [2.75, 3.05) is 19.0 Å². The zero-order valence-electron chi connectivity index (χ0n) is 19.5. The maximum atomic E-state index is 13.6. The monoisotopic (exact) mass is 419 g/mol. The van der Waals surface area contributed by atoms with E-state index in [4.69, 9.17) is 0 Å². The summed E-state index contributed by atoms with van der Waals surface area (Å²) in [6.45, 7) is 4.70. The molecule has 0 amide bonds. The first-order valence-electron chi connectivity index (χ1n) is 12.1. The molecular weight excluding hydrogens is 382 g/mol. The van der Waals surface area contributed by atoms with Crippen molar-refractivity contribution in [1.82, 2.24) is 0 Å². The van der Waals surface area contributed by atoms with Crippen molar-refractivity contribution in [2.45, 2.75) is 64.9 Å². The summed E-state index contributed by atoms with van der Waals surface area (Å²) in [5.41, 5.74) is 4.86. The Kier molecular flexibility index (Phi) is 4.97. The number of hydrogen-bond donors (Lipinski definition) is 1. The minimum atomic E-state index is -0.202. The van der Waals surface area contributed by atoms with Gasteiger partial charge in [-0.3, -0.25) is 4.79 Å². The van der Waals surface area contributed by atoms with Crippen molar-refractivity contribution in [3.63, 3.8) is 0 Å². The molecule has 1 aromatic carbocycles. The van der Waals surface area contributed by atoms with Crippen LogP contribution in [-0.4, -0.2) is 31.1 Å². The van der Waals surface area contributed by atoms with Crippen LogP contribution in [0.3, 0.4) is 0 Å². The van der Waals surface area contributed by atoms with E-state index in [0.717, 1.165) is 56.1 Å². The van der Waals surface area contributed by atoms with Gasteiger partial charge in [0.25, 0.3) is 0 Å². The number of fused-ring (bicyclic) bond motifs is 5. The molecule has 0 unspecified atom stereocenters. The van der Waals surface area contributed by atoms with Crippen molar-refractivity contribution in [3.8, 4) is 0 Å². The van der Waals surface area contributed by atoms with E-state index in [-0.39, 0.29) is 16.9 Å². The number of benzene rings is 1. The van der Waals surface area contributed by atoms with Gasteiger partial charge in [0.2, 0.25) is 0 Å². The normalized spacial score (nSPS) is 40.7. The van der Waals surface area contributed by atoms with E-state index < -0.39 is 0 Å². The smallest absolute Gasteiger partial charge is 0.165 e. The molecule has 3 fully saturated rings. The Labute approximate surface area is 187 Å². The quantitative estimate of drug-likeness (QED) is 0.498. The van der Waals surface area contributed by atoms with Gasteiger partial charge in [-0.1, -0.05) is 37.6 Å². The highest BCUT2D eigenvalue weighted by atomic mass is 16.3. The van der Waals surface area contributed by atoms with Gasteiger partial charge in [-0.25, -0.2) is 0 Å². The van der Waals surface area contributed by atoms with Gasteiger partial charge in [-0.15, -0.1) is 0 Å². The molecule has 1 aromatic rings. The summed E-state index contributed by atoms with van der Waals surface area (Å²) in [7, 11) is 4.10. The van der Waals surface area contributed by atoms with Crippen molar-refractivity contribution in [3.05, 3.63) is 47.1 Å². The van der Waals surface area contributed by atoms with Gasteiger partial charge in [-0.05, 0) is 97.5 Å². The molecule has 31 heavy (non-hydrogen) atoms. The molecule has 0 aliphatic heterocycles. The van der Waals surface area contributed by atoms with Crippen LogP contribution in [0.1, 0.15) is 64.4 Å². The van der Waals surface area contributed by atoms with Crippen LogP contribution in [0.2, 0.25) is 0 Å². The number of aliphatic hydroxyl groups is 1. The third-order valence-electron chi connectivity index (χ3n) is 9.47. The van der Waals surface area contributed by atoms with E-state index in [0.29, 0.717) is 23.5 Å². The average Bonchev–Trinajstić information content (AvgIpc) is 2.99. The van der Waals surface area contributed by atoms with Crippen LogP contribution in [0.5, 0.6) is 0 Å². The first-order chi connectivity index (χ1) is 14.7. The number of Topliss-reactive ketones (excluding diaryl/α,β-unsaturated/α-hetero) is 1. The Morgan fingerprint density at radius 3 is 2.42 bits per heavy atom. The first kappa shape index (κ1) is 21.0. The standard InChI is InChI=1S/C28H37NO2/c1-27-13-11-22(30)17-20(27)7-10-23-24(27)12-14-28(2)25(23)16-19(26(28)31)15-18-5-8-21(9-6-18)29(3)4/h5-9,15,22-25,30H,10-14,16-17H2,1-4H3/b19-15+/t22-,23-,24+,25-,27+,28+/m0/s1. The lowest BCUT2D eigenvalue weighted by molar-refractivity contribution is -0.130. The van der Waals surface area contributed by atoms with Crippen LogP contribution in [0.15, 0.2) is 41.5 Å². The molecule has 0 radical (unpaired) electrons. The maximum Gasteiger partial charge on any atom is 0.165 e. The third kappa shape index (κ3) is 3.23. The minimum Gasteiger partial charge on any atom is -0.393 e. The summed E-state index contributed by atoms with van der Waals surface area (Å²) in [4.78, 5) is 15.7. The molecule has 5 rings (SSSR count). The van der Waals surface area contributed by atoms with Crippen LogP contribution in [-0.2, 0) is 4.79 Å².